The predicted octanol–water partition coefficient (Wildman–Crippen LogP) is 3.13. The van der Waals surface area contributed by atoms with Crippen LogP contribution in [0.15, 0.2) is 0 Å². The Labute approximate surface area is 103 Å². The Morgan fingerprint density at radius 1 is 1.06 bits per heavy atom. The Kier molecular flexibility index (Phi) is 8.96. The molecule has 0 aromatic heterocycles. The minimum absolute atomic E-state index is 0.647. The van der Waals surface area contributed by atoms with E-state index in [2.05, 4.69) is 52.0 Å². The van der Waals surface area contributed by atoms with Gasteiger partial charge in [0.15, 0.2) is 0 Å². The summed E-state index contributed by atoms with van der Waals surface area (Å²) in [6.07, 6.45) is 5.36. The second-order valence-corrected chi connectivity index (χ2v) is 5.58. The molecular formula is C14H32N2. The maximum absolute atomic E-state index is 3.66. The summed E-state index contributed by atoms with van der Waals surface area (Å²) < 4.78 is 0. The van der Waals surface area contributed by atoms with Crippen LogP contribution in [0.25, 0.3) is 0 Å². The lowest BCUT2D eigenvalue weighted by molar-refractivity contribution is 0.218. The number of hydrogen-bond donors (Lipinski definition) is 1. The van der Waals surface area contributed by atoms with Crippen molar-refractivity contribution in [3.05, 3.63) is 0 Å². The van der Waals surface area contributed by atoms with Gasteiger partial charge in [0, 0.05) is 18.6 Å². The highest BCUT2D eigenvalue weighted by atomic mass is 15.1. The van der Waals surface area contributed by atoms with Crippen LogP contribution < -0.4 is 5.32 Å². The molecule has 0 saturated heterocycles. The van der Waals surface area contributed by atoms with Crippen molar-refractivity contribution >= 4 is 0 Å². The molecule has 0 fully saturated rings. The second kappa shape index (κ2) is 9.00. The zero-order chi connectivity index (χ0) is 12.6. The van der Waals surface area contributed by atoms with Crippen LogP contribution in [0.5, 0.6) is 0 Å². The van der Waals surface area contributed by atoms with E-state index in [9.17, 15) is 0 Å². The molecule has 0 aliphatic carbocycles. The van der Waals surface area contributed by atoms with E-state index in [1.807, 2.05) is 0 Å². The number of rotatable bonds is 9. The van der Waals surface area contributed by atoms with Gasteiger partial charge in [-0.2, -0.15) is 0 Å². The normalized spacial score (nSPS) is 15.8. The third-order valence-electron chi connectivity index (χ3n) is 3.35. The van der Waals surface area contributed by atoms with Crippen LogP contribution >= 0.6 is 0 Å². The molecule has 0 bridgehead atoms. The van der Waals surface area contributed by atoms with Crippen molar-refractivity contribution in [3.8, 4) is 0 Å². The smallest absolute Gasteiger partial charge is 0.0237 e. The summed E-state index contributed by atoms with van der Waals surface area (Å²) in [6, 6.07) is 1.31. The Morgan fingerprint density at radius 2 is 1.69 bits per heavy atom. The average Bonchev–Trinajstić information content (AvgIpc) is 2.17. The highest BCUT2D eigenvalue weighted by Gasteiger charge is 2.15. The van der Waals surface area contributed by atoms with E-state index in [-0.39, 0.29) is 0 Å². The standard InChI is InChI=1S/C14H32N2/c1-7-8-9-10-13(4)15-11-14(12(2)3)16(5)6/h12-15H,7-11H2,1-6H3. The maximum Gasteiger partial charge on any atom is 0.0237 e. The first-order valence-electron chi connectivity index (χ1n) is 6.88. The van der Waals surface area contributed by atoms with E-state index in [1.165, 1.54) is 25.7 Å². The number of nitrogens with zero attached hydrogens (tertiary/aromatic N) is 1. The molecule has 2 nitrogen and oxygen atoms in total. The van der Waals surface area contributed by atoms with Crippen molar-refractivity contribution in [3.63, 3.8) is 0 Å². The van der Waals surface area contributed by atoms with Gasteiger partial charge >= 0.3 is 0 Å². The van der Waals surface area contributed by atoms with Crippen LogP contribution in [0.2, 0.25) is 0 Å². The second-order valence-electron chi connectivity index (χ2n) is 5.58. The van der Waals surface area contributed by atoms with Gasteiger partial charge in [-0.1, -0.05) is 40.0 Å². The molecule has 98 valence electrons. The highest BCUT2D eigenvalue weighted by molar-refractivity contribution is 4.74. The largest absolute Gasteiger partial charge is 0.313 e. The van der Waals surface area contributed by atoms with Crippen molar-refractivity contribution in [2.75, 3.05) is 20.6 Å². The minimum atomic E-state index is 0.647. The van der Waals surface area contributed by atoms with Gasteiger partial charge in [-0.25, -0.2) is 0 Å². The maximum atomic E-state index is 3.66. The predicted molar refractivity (Wildman–Crippen MR) is 73.9 cm³/mol. The van der Waals surface area contributed by atoms with Gasteiger partial charge in [-0.05, 0) is 33.4 Å². The summed E-state index contributed by atoms with van der Waals surface area (Å²) >= 11 is 0. The van der Waals surface area contributed by atoms with Crippen molar-refractivity contribution in [2.24, 2.45) is 5.92 Å². The van der Waals surface area contributed by atoms with E-state index in [0.717, 1.165) is 6.54 Å². The summed E-state index contributed by atoms with van der Waals surface area (Å²) in [4.78, 5) is 2.33. The summed E-state index contributed by atoms with van der Waals surface area (Å²) in [5, 5.41) is 3.66. The number of likely N-dealkylation sites (N-methyl/N-ethyl adjacent to an activating group) is 1. The fourth-order valence-electron chi connectivity index (χ4n) is 2.14. The fraction of sp³-hybridized carbons (Fsp3) is 1.00. The lowest BCUT2D eigenvalue weighted by Gasteiger charge is -2.29. The van der Waals surface area contributed by atoms with E-state index < -0.39 is 0 Å². The van der Waals surface area contributed by atoms with Crippen molar-refractivity contribution in [1.82, 2.24) is 10.2 Å². The highest BCUT2D eigenvalue weighted by Crippen LogP contribution is 2.08. The van der Waals surface area contributed by atoms with E-state index in [1.54, 1.807) is 0 Å². The molecule has 0 radical (unpaired) electrons. The molecule has 0 rings (SSSR count). The summed E-state index contributed by atoms with van der Waals surface area (Å²) in [5.74, 6) is 0.713. The Bertz CT molecular complexity index is 147. The quantitative estimate of drug-likeness (QED) is 0.610. The lowest BCUT2D eigenvalue weighted by atomic mass is 10.0. The Hall–Kier alpha value is -0.0800. The SMILES string of the molecule is CCCCCC(C)NCC(C(C)C)N(C)C. The number of unbranched alkanes of at least 4 members (excludes halogenated alkanes) is 2. The van der Waals surface area contributed by atoms with Crippen LogP contribution in [0.1, 0.15) is 53.4 Å². The third kappa shape index (κ3) is 7.24. The zero-order valence-corrected chi connectivity index (χ0v) is 12.2. The van der Waals surface area contributed by atoms with Gasteiger partial charge in [0.05, 0.1) is 0 Å². The van der Waals surface area contributed by atoms with Crippen LogP contribution in [-0.2, 0) is 0 Å². The molecular weight excluding hydrogens is 196 g/mol. The molecule has 2 heteroatoms. The van der Waals surface area contributed by atoms with Gasteiger partial charge in [0.2, 0.25) is 0 Å². The molecule has 2 unspecified atom stereocenters. The van der Waals surface area contributed by atoms with Gasteiger partial charge in [-0.15, -0.1) is 0 Å². The van der Waals surface area contributed by atoms with Crippen LogP contribution in [0.3, 0.4) is 0 Å². The summed E-state index contributed by atoms with van der Waals surface area (Å²) in [7, 11) is 4.35. The van der Waals surface area contributed by atoms with E-state index in [0.29, 0.717) is 18.0 Å². The molecule has 0 aliphatic rings. The van der Waals surface area contributed by atoms with Crippen LogP contribution in [-0.4, -0.2) is 37.6 Å². The summed E-state index contributed by atoms with van der Waals surface area (Å²) in [6.45, 7) is 10.3. The van der Waals surface area contributed by atoms with Crippen LogP contribution in [0.4, 0.5) is 0 Å². The van der Waals surface area contributed by atoms with E-state index in [4.69, 9.17) is 0 Å². The molecule has 0 amide bonds. The average molecular weight is 228 g/mol. The lowest BCUT2D eigenvalue weighted by Crippen LogP contribution is -2.44. The Morgan fingerprint density at radius 3 is 2.12 bits per heavy atom. The molecule has 2 atom stereocenters. The Balaban J connectivity index is 3.74. The molecule has 0 spiro atoms. The zero-order valence-electron chi connectivity index (χ0n) is 12.2. The van der Waals surface area contributed by atoms with Crippen molar-refractivity contribution < 1.29 is 0 Å². The third-order valence-corrected chi connectivity index (χ3v) is 3.35. The first-order chi connectivity index (χ1) is 7.49. The molecule has 0 aromatic carbocycles. The van der Waals surface area contributed by atoms with Gasteiger partial charge in [0.1, 0.15) is 0 Å². The fourth-order valence-corrected chi connectivity index (χ4v) is 2.14. The minimum Gasteiger partial charge on any atom is -0.313 e. The van der Waals surface area contributed by atoms with Gasteiger partial charge in [-0.3, -0.25) is 0 Å². The molecule has 0 aliphatic heterocycles. The number of hydrogen-bond acceptors (Lipinski definition) is 2. The van der Waals surface area contributed by atoms with Gasteiger partial charge in [0.25, 0.3) is 0 Å². The molecule has 1 N–H and O–H groups in total. The molecule has 0 heterocycles. The molecule has 16 heavy (non-hydrogen) atoms. The first kappa shape index (κ1) is 15.9. The topological polar surface area (TPSA) is 15.3 Å². The van der Waals surface area contributed by atoms with Crippen LogP contribution in [0, 0.1) is 5.92 Å². The molecule has 0 saturated carbocycles. The molecule has 0 aromatic rings. The van der Waals surface area contributed by atoms with E-state index >= 15 is 0 Å². The van der Waals surface area contributed by atoms with Gasteiger partial charge < -0.3 is 10.2 Å². The monoisotopic (exact) mass is 228 g/mol. The van der Waals surface area contributed by atoms with Crippen molar-refractivity contribution in [1.29, 1.82) is 0 Å². The first-order valence-corrected chi connectivity index (χ1v) is 6.88. The summed E-state index contributed by atoms with van der Waals surface area (Å²) in [5.41, 5.74) is 0. The number of nitrogens with one attached hydrogen (secondary N) is 1. The van der Waals surface area contributed by atoms with Crippen molar-refractivity contribution in [2.45, 2.75) is 65.5 Å².